The van der Waals surface area contributed by atoms with Crippen LogP contribution in [0.2, 0.25) is 0 Å². The molecule has 0 atom stereocenters. The van der Waals surface area contributed by atoms with Gasteiger partial charge in [0.2, 0.25) is 5.88 Å². The lowest BCUT2D eigenvalue weighted by Gasteiger charge is -2.24. The Morgan fingerprint density at radius 2 is 2.06 bits per heavy atom. The van der Waals surface area contributed by atoms with Gasteiger partial charge < -0.3 is 19.2 Å². The van der Waals surface area contributed by atoms with Gasteiger partial charge in [-0.05, 0) is 42.2 Å². The molecule has 0 amide bonds. The van der Waals surface area contributed by atoms with Crippen LogP contribution in [0.1, 0.15) is 18.4 Å². The molecule has 0 bridgehead atoms. The number of hydrogen-bond acceptors (Lipinski definition) is 9. The van der Waals surface area contributed by atoms with Crippen molar-refractivity contribution < 1.29 is 13.9 Å². The summed E-state index contributed by atoms with van der Waals surface area (Å²) in [4.78, 5) is 10.4. The van der Waals surface area contributed by atoms with Crippen molar-refractivity contribution in [2.45, 2.75) is 19.4 Å². The maximum Gasteiger partial charge on any atom is 0.325 e. The highest BCUT2D eigenvalue weighted by Gasteiger charge is 2.24. The van der Waals surface area contributed by atoms with Crippen molar-refractivity contribution >= 4 is 11.8 Å². The zero-order valence-electron chi connectivity index (χ0n) is 17.8. The van der Waals surface area contributed by atoms with E-state index in [9.17, 15) is 0 Å². The van der Waals surface area contributed by atoms with Crippen molar-refractivity contribution in [3.8, 4) is 11.5 Å². The first-order valence-electron chi connectivity index (χ1n) is 10.6. The Morgan fingerprint density at radius 1 is 1.09 bits per heavy atom. The van der Waals surface area contributed by atoms with E-state index in [1.54, 1.807) is 17.3 Å². The molecular weight excluding hydrogens is 420 g/mol. The maximum absolute atomic E-state index is 6.08. The minimum absolute atomic E-state index is 0.299. The smallest absolute Gasteiger partial charge is 0.325 e. The lowest BCUT2D eigenvalue weighted by Crippen LogP contribution is -2.27. The zero-order chi connectivity index (χ0) is 22.3. The van der Waals surface area contributed by atoms with Crippen LogP contribution < -0.4 is 10.2 Å². The van der Waals surface area contributed by atoms with Crippen molar-refractivity contribution in [3.05, 3.63) is 96.9 Å². The standard InChI is InChI=1S/C24H22N6O3/c1-2-6-18(7-3-1)16-30(21-17-31-12-13-32-21)24-29-28-23(33-24)20-9-5-11-26-22(20)27-15-19-8-4-10-25-14-19/h1-2,4-6,8-14,17H,3,7,15-16H2,(H,26,27). The number of anilines is 2. The summed E-state index contributed by atoms with van der Waals surface area (Å²) in [6, 6.07) is 7.91. The Labute approximate surface area is 190 Å². The van der Waals surface area contributed by atoms with E-state index < -0.39 is 0 Å². The van der Waals surface area contributed by atoms with Crippen LogP contribution in [0.3, 0.4) is 0 Å². The molecule has 2 aliphatic rings. The van der Waals surface area contributed by atoms with Crippen LogP contribution in [0.4, 0.5) is 11.8 Å². The molecule has 3 aromatic rings. The molecule has 0 spiro atoms. The molecule has 0 saturated carbocycles. The van der Waals surface area contributed by atoms with Crippen molar-refractivity contribution in [2.75, 3.05) is 16.8 Å². The third kappa shape index (κ3) is 4.93. The number of pyridine rings is 2. The summed E-state index contributed by atoms with van der Waals surface area (Å²) >= 11 is 0. The van der Waals surface area contributed by atoms with Gasteiger partial charge in [-0.1, -0.05) is 29.4 Å². The maximum atomic E-state index is 6.08. The lowest BCUT2D eigenvalue weighted by atomic mass is 10.1. The molecular formula is C24H22N6O3. The summed E-state index contributed by atoms with van der Waals surface area (Å²) in [6.07, 6.45) is 17.9. The van der Waals surface area contributed by atoms with E-state index in [-0.39, 0.29) is 0 Å². The van der Waals surface area contributed by atoms with E-state index in [0.717, 1.165) is 18.4 Å². The minimum Gasteiger partial charge on any atom is -0.464 e. The van der Waals surface area contributed by atoms with E-state index in [4.69, 9.17) is 13.9 Å². The first kappa shape index (κ1) is 20.5. The fourth-order valence-electron chi connectivity index (χ4n) is 3.45. The molecule has 1 N–H and O–H groups in total. The largest absolute Gasteiger partial charge is 0.464 e. The molecule has 9 nitrogen and oxygen atoms in total. The number of allylic oxidation sites excluding steroid dienone is 3. The molecule has 0 fully saturated rings. The second-order valence-corrected chi connectivity index (χ2v) is 7.36. The van der Waals surface area contributed by atoms with Crippen LogP contribution >= 0.6 is 0 Å². The third-order valence-electron chi connectivity index (χ3n) is 5.09. The molecule has 166 valence electrons. The van der Waals surface area contributed by atoms with Crippen LogP contribution in [0.15, 0.2) is 95.7 Å². The van der Waals surface area contributed by atoms with Crippen LogP contribution in [-0.4, -0.2) is 26.7 Å². The summed E-state index contributed by atoms with van der Waals surface area (Å²) in [5.74, 6) is 1.45. The number of ether oxygens (including phenoxy) is 2. The van der Waals surface area contributed by atoms with Crippen molar-refractivity contribution in [3.63, 3.8) is 0 Å². The average molecular weight is 442 g/mol. The topological polar surface area (TPSA) is 98.4 Å². The second-order valence-electron chi connectivity index (χ2n) is 7.36. The SMILES string of the molecule is C1=CCCC(CN(C2=COC=CO2)c2nnc(-c3cccnc3NCc3cccnc3)o2)=C1. The number of nitrogens with zero attached hydrogens (tertiary/aromatic N) is 5. The zero-order valence-corrected chi connectivity index (χ0v) is 17.8. The van der Waals surface area contributed by atoms with E-state index in [0.29, 0.717) is 42.3 Å². The minimum atomic E-state index is 0.299. The molecule has 0 aromatic carbocycles. The lowest BCUT2D eigenvalue weighted by molar-refractivity contribution is 0.245. The first-order chi connectivity index (χ1) is 16.4. The van der Waals surface area contributed by atoms with Gasteiger partial charge in [0.05, 0.1) is 12.1 Å². The summed E-state index contributed by atoms with van der Waals surface area (Å²) in [6.45, 7) is 1.10. The van der Waals surface area contributed by atoms with Gasteiger partial charge in [0, 0.05) is 25.1 Å². The van der Waals surface area contributed by atoms with Crippen LogP contribution in [0.5, 0.6) is 0 Å². The summed E-state index contributed by atoms with van der Waals surface area (Å²) in [5.41, 5.74) is 2.96. The van der Waals surface area contributed by atoms with Crippen molar-refractivity contribution in [1.82, 2.24) is 20.2 Å². The Kier molecular flexibility index (Phi) is 6.10. The Balaban J connectivity index is 1.40. The quantitative estimate of drug-likeness (QED) is 0.539. The van der Waals surface area contributed by atoms with Crippen molar-refractivity contribution in [1.29, 1.82) is 0 Å². The van der Waals surface area contributed by atoms with E-state index >= 15 is 0 Å². The summed E-state index contributed by atoms with van der Waals surface area (Å²) in [5, 5.41) is 11.9. The monoisotopic (exact) mass is 442 g/mol. The predicted molar refractivity (Wildman–Crippen MR) is 122 cm³/mol. The molecule has 4 heterocycles. The van der Waals surface area contributed by atoms with Crippen molar-refractivity contribution in [2.24, 2.45) is 0 Å². The highest BCUT2D eigenvalue weighted by Crippen LogP contribution is 2.30. The molecule has 0 saturated heterocycles. The van der Waals surface area contributed by atoms with Gasteiger partial charge in [-0.3, -0.25) is 9.88 Å². The normalized spacial score (nSPS) is 14.7. The predicted octanol–water partition coefficient (Wildman–Crippen LogP) is 4.54. The number of hydrogen-bond donors (Lipinski definition) is 1. The van der Waals surface area contributed by atoms with Crippen LogP contribution in [0, 0.1) is 0 Å². The number of nitrogens with one attached hydrogen (secondary N) is 1. The molecule has 1 aliphatic heterocycles. The van der Waals surface area contributed by atoms with E-state index in [2.05, 4.69) is 43.7 Å². The Bertz CT molecular complexity index is 1220. The Morgan fingerprint density at radius 3 is 2.88 bits per heavy atom. The molecule has 1 aliphatic carbocycles. The fourth-order valence-corrected chi connectivity index (χ4v) is 3.45. The van der Waals surface area contributed by atoms with Crippen LogP contribution in [-0.2, 0) is 16.0 Å². The van der Waals surface area contributed by atoms with Gasteiger partial charge in [-0.2, -0.15) is 0 Å². The second kappa shape index (κ2) is 9.82. The average Bonchev–Trinajstić information content (AvgIpc) is 3.38. The molecule has 5 rings (SSSR count). The molecule has 9 heteroatoms. The summed E-state index contributed by atoms with van der Waals surface area (Å²) in [7, 11) is 0. The third-order valence-corrected chi connectivity index (χ3v) is 5.09. The fraction of sp³-hybridized carbons (Fsp3) is 0.167. The highest BCUT2D eigenvalue weighted by atomic mass is 16.5. The van der Waals surface area contributed by atoms with Gasteiger partial charge in [0.1, 0.15) is 18.3 Å². The molecule has 0 radical (unpaired) electrons. The molecule has 0 unspecified atom stereocenters. The van der Waals surface area contributed by atoms with Gasteiger partial charge in [0.15, 0.2) is 6.26 Å². The number of rotatable bonds is 8. The van der Waals surface area contributed by atoms with Crippen LogP contribution in [0.25, 0.3) is 11.5 Å². The van der Waals surface area contributed by atoms with Gasteiger partial charge in [-0.15, -0.1) is 5.10 Å². The Hall–Kier alpha value is -4.40. The summed E-state index contributed by atoms with van der Waals surface area (Å²) < 4.78 is 17.0. The molecule has 3 aromatic heterocycles. The van der Waals surface area contributed by atoms with Gasteiger partial charge >= 0.3 is 6.01 Å². The molecule has 33 heavy (non-hydrogen) atoms. The number of aromatic nitrogens is 4. The van der Waals surface area contributed by atoms with Gasteiger partial charge in [-0.25, -0.2) is 4.98 Å². The van der Waals surface area contributed by atoms with E-state index in [1.165, 1.54) is 24.4 Å². The van der Waals surface area contributed by atoms with E-state index in [1.807, 2.05) is 30.5 Å². The first-order valence-corrected chi connectivity index (χ1v) is 10.6. The van der Waals surface area contributed by atoms with Gasteiger partial charge in [0.25, 0.3) is 5.89 Å². The highest BCUT2D eigenvalue weighted by molar-refractivity contribution is 5.69.